The van der Waals surface area contributed by atoms with Crippen molar-refractivity contribution in [1.29, 1.82) is 0 Å². The zero-order valence-electron chi connectivity index (χ0n) is 13.8. The summed E-state index contributed by atoms with van der Waals surface area (Å²) in [5.41, 5.74) is 2.49. The van der Waals surface area contributed by atoms with Crippen molar-refractivity contribution in [2.24, 2.45) is 0 Å². The number of nitrogens with one attached hydrogen (secondary N) is 1. The molecule has 0 aliphatic rings. The van der Waals surface area contributed by atoms with Gasteiger partial charge in [-0.2, -0.15) is 0 Å². The average molecular weight is 356 g/mol. The first-order valence-corrected chi connectivity index (χ1v) is 8.65. The van der Waals surface area contributed by atoms with E-state index in [1.54, 1.807) is 28.9 Å². The monoisotopic (exact) mass is 356 g/mol. The molecule has 0 aliphatic carbocycles. The molecule has 0 saturated carbocycles. The third kappa shape index (κ3) is 3.82. The number of fused-ring (bicyclic) bond motifs is 1. The number of thioether (sulfide) groups is 1. The van der Waals surface area contributed by atoms with Gasteiger partial charge in [0.1, 0.15) is 11.4 Å². The van der Waals surface area contributed by atoms with Crippen LogP contribution in [-0.2, 0) is 11.3 Å². The van der Waals surface area contributed by atoms with Gasteiger partial charge in [-0.15, -0.1) is 5.10 Å². The first-order chi connectivity index (χ1) is 12.1. The number of hydrogen-bond donors (Lipinski definition) is 1. The Morgan fingerprint density at radius 3 is 2.64 bits per heavy atom. The average Bonchev–Trinajstić information content (AvgIpc) is 3.04. The molecule has 3 aromatic rings. The van der Waals surface area contributed by atoms with E-state index in [2.05, 4.69) is 25.6 Å². The molecule has 2 heterocycles. The van der Waals surface area contributed by atoms with Crippen LogP contribution in [0.2, 0.25) is 0 Å². The van der Waals surface area contributed by atoms with E-state index in [-0.39, 0.29) is 17.4 Å². The van der Waals surface area contributed by atoms with Crippen LogP contribution in [0.15, 0.2) is 35.6 Å². The number of aromatic nitrogens is 5. The maximum atomic E-state index is 12.1. The van der Waals surface area contributed by atoms with E-state index in [1.165, 1.54) is 25.0 Å². The number of hydrogen-bond acceptors (Lipinski definition) is 7. The summed E-state index contributed by atoms with van der Waals surface area (Å²) < 4.78 is 1.68. The maximum Gasteiger partial charge on any atom is 0.234 e. The minimum Gasteiger partial charge on any atom is -0.325 e. The summed E-state index contributed by atoms with van der Waals surface area (Å²) in [5, 5.41) is 11.5. The molecular weight excluding hydrogens is 340 g/mol. The highest BCUT2D eigenvalue weighted by Crippen LogP contribution is 2.22. The van der Waals surface area contributed by atoms with Gasteiger partial charge in [0, 0.05) is 17.8 Å². The Kier molecular flexibility index (Phi) is 5.03. The van der Waals surface area contributed by atoms with E-state index in [9.17, 15) is 9.59 Å². The summed E-state index contributed by atoms with van der Waals surface area (Å²) in [7, 11) is 0. The molecule has 1 aromatic carbocycles. The van der Waals surface area contributed by atoms with Gasteiger partial charge < -0.3 is 5.32 Å². The predicted octanol–water partition coefficient (Wildman–Crippen LogP) is 2.17. The Balaban J connectivity index is 1.64. The van der Waals surface area contributed by atoms with Gasteiger partial charge in [0.2, 0.25) is 5.91 Å². The number of rotatable bonds is 6. The molecule has 0 bridgehead atoms. The molecule has 25 heavy (non-hydrogen) atoms. The van der Waals surface area contributed by atoms with Crippen molar-refractivity contribution in [3.8, 4) is 0 Å². The SMILES string of the molecule is CCn1nnc2c(SCC(=O)Nc3ccc(C(C)=O)cc3)ncnc21. The van der Waals surface area contributed by atoms with Gasteiger partial charge in [0.15, 0.2) is 16.9 Å². The van der Waals surface area contributed by atoms with Crippen molar-refractivity contribution in [2.45, 2.75) is 25.4 Å². The number of carbonyl (C=O) groups is 2. The van der Waals surface area contributed by atoms with Gasteiger partial charge in [0.05, 0.1) is 5.75 Å². The van der Waals surface area contributed by atoms with E-state index < -0.39 is 0 Å². The topological polar surface area (TPSA) is 103 Å². The first kappa shape index (κ1) is 17.0. The maximum absolute atomic E-state index is 12.1. The van der Waals surface area contributed by atoms with Crippen molar-refractivity contribution in [3.63, 3.8) is 0 Å². The van der Waals surface area contributed by atoms with Crippen LogP contribution in [0.25, 0.3) is 11.2 Å². The van der Waals surface area contributed by atoms with Gasteiger partial charge in [0.25, 0.3) is 0 Å². The van der Waals surface area contributed by atoms with Crippen LogP contribution in [0, 0.1) is 0 Å². The lowest BCUT2D eigenvalue weighted by molar-refractivity contribution is -0.113. The van der Waals surface area contributed by atoms with Gasteiger partial charge >= 0.3 is 0 Å². The fourth-order valence-electron chi connectivity index (χ4n) is 2.21. The summed E-state index contributed by atoms with van der Waals surface area (Å²) in [6, 6.07) is 6.77. The van der Waals surface area contributed by atoms with E-state index in [1.807, 2.05) is 6.92 Å². The van der Waals surface area contributed by atoms with Crippen molar-refractivity contribution in [2.75, 3.05) is 11.1 Å². The molecule has 0 radical (unpaired) electrons. The lowest BCUT2D eigenvalue weighted by Crippen LogP contribution is -2.14. The predicted molar refractivity (Wildman–Crippen MR) is 94.6 cm³/mol. The largest absolute Gasteiger partial charge is 0.325 e. The quantitative estimate of drug-likeness (QED) is 0.410. The zero-order valence-corrected chi connectivity index (χ0v) is 14.6. The normalized spacial score (nSPS) is 10.8. The summed E-state index contributed by atoms with van der Waals surface area (Å²) >= 11 is 1.28. The van der Waals surface area contributed by atoms with Crippen molar-refractivity contribution in [3.05, 3.63) is 36.2 Å². The van der Waals surface area contributed by atoms with Crippen LogP contribution in [0.1, 0.15) is 24.2 Å². The standard InChI is InChI=1S/C16H16N6O2S/c1-3-22-15-14(20-21-22)16(18-9-17-15)25-8-13(24)19-12-6-4-11(5-7-12)10(2)23/h4-7,9H,3,8H2,1-2H3,(H,19,24). The molecule has 0 atom stereocenters. The zero-order chi connectivity index (χ0) is 17.8. The molecule has 0 aliphatic heterocycles. The second-order valence-corrected chi connectivity index (χ2v) is 6.19. The summed E-state index contributed by atoms with van der Waals surface area (Å²) in [5.74, 6) is -0.00363. The molecule has 0 fully saturated rings. The number of nitrogens with zero attached hydrogens (tertiary/aromatic N) is 5. The highest BCUT2D eigenvalue weighted by atomic mass is 32.2. The van der Waals surface area contributed by atoms with Crippen LogP contribution < -0.4 is 5.32 Å². The van der Waals surface area contributed by atoms with Crippen molar-refractivity contribution in [1.82, 2.24) is 25.0 Å². The highest BCUT2D eigenvalue weighted by molar-refractivity contribution is 8.00. The molecule has 1 N–H and O–H groups in total. The third-order valence-corrected chi connectivity index (χ3v) is 4.46. The third-order valence-electron chi connectivity index (χ3n) is 3.48. The molecule has 3 rings (SSSR count). The molecule has 128 valence electrons. The second kappa shape index (κ2) is 7.39. The molecule has 0 saturated heterocycles. The Hall–Kier alpha value is -2.81. The number of anilines is 1. The smallest absolute Gasteiger partial charge is 0.234 e. The van der Waals surface area contributed by atoms with E-state index >= 15 is 0 Å². The lowest BCUT2D eigenvalue weighted by atomic mass is 10.1. The van der Waals surface area contributed by atoms with Crippen molar-refractivity contribution >= 4 is 40.3 Å². The van der Waals surface area contributed by atoms with Gasteiger partial charge in [-0.05, 0) is 38.1 Å². The number of aryl methyl sites for hydroxylation is 1. The number of carbonyl (C=O) groups excluding carboxylic acids is 2. The minimum absolute atomic E-state index is 0.0127. The van der Waals surface area contributed by atoms with Crippen LogP contribution in [-0.4, -0.2) is 42.4 Å². The van der Waals surface area contributed by atoms with Crippen LogP contribution in [0.4, 0.5) is 5.69 Å². The Bertz CT molecular complexity index is 922. The Labute approximate surface area is 148 Å². The van der Waals surface area contributed by atoms with E-state index in [4.69, 9.17) is 0 Å². The molecule has 0 unspecified atom stereocenters. The molecule has 1 amide bonds. The van der Waals surface area contributed by atoms with Crippen molar-refractivity contribution < 1.29 is 9.59 Å². The molecular formula is C16H16N6O2S. The van der Waals surface area contributed by atoms with Gasteiger partial charge in [-0.1, -0.05) is 17.0 Å². The fourth-order valence-corrected chi connectivity index (χ4v) is 2.94. The number of ketones is 1. The molecule has 2 aromatic heterocycles. The minimum atomic E-state index is -0.171. The molecule has 8 nitrogen and oxygen atoms in total. The Morgan fingerprint density at radius 2 is 1.96 bits per heavy atom. The summed E-state index contributed by atoms with van der Waals surface area (Å²) in [6.07, 6.45) is 1.44. The Morgan fingerprint density at radius 1 is 1.20 bits per heavy atom. The fraction of sp³-hybridized carbons (Fsp3) is 0.250. The van der Waals surface area contributed by atoms with Crippen LogP contribution in [0.5, 0.6) is 0 Å². The van der Waals surface area contributed by atoms with Crippen LogP contribution in [0.3, 0.4) is 0 Å². The number of amides is 1. The molecule has 9 heteroatoms. The van der Waals surface area contributed by atoms with Gasteiger partial charge in [-0.3, -0.25) is 9.59 Å². The summed E-state index contributed by atoms with van der Waals surface area (Å²) in [4.78, 5) is 31.7. The van der Waals surface area contributed by atoms with Gasteiger partial charge in [-0.25, -0.2) is 14.6 Å². The summed E-state index contributed by atoms with van der Waals surface area (Å²) in [6.45, 7) is 4.11. The highest BCUT2D eigenvalue weighted by Gasteiger charge is 2.13. The number of benzene rings is 1. The second-order valence-electron chi connectivity index (χ2n) is 5.23. The molecule has 0 spiro atoms. The van der Waals surface area contributed by atoms with Crippen LogP contribution >= 0.6 is 11.8 Å². The number of Topliss-reactive ketones (excluding diaryl/α,β-unsaturated/α-hetero) is 1. The van der Waals surface area contributed by atoms with E-state index in [0.29, 0.717) is 34.0 Å². The first-order valence-electron chi connectivity index (χ1n) is 7.66. The lowest BCUT2D eigenvalue weighted by Gasteiger charge is -2.05. The van der Waals surface area contributed by atoms with E-state index in [0.717, 1.165) is 0 Å².